The highest BCUT2D eigenvalue weighted by molar-refractivity contribution is 6.14. The molecule has 1 fully saturated rings. The number of allylic oxidation sites excluding steroid dienone is 1. The number of hydrogen-bond donors (Lipinski definition) is 1. The molecule has 18 heavy (non-hydrogen) atoms. The molecule has 0 saturated carbocycles. The molecule has 1 saturated heterocycles. The van der Waals surface area contributed by atoms with Crippen molar-refractivity contribution < 1.29 is 19.4 Å². The highest BCUT2D eigenvalue weighted by Gasteiger charge is 2.26. The van der Waals surface area contributed by atoms with Crippen LogP contribution in [0.1, 0.15) is 13.3 Å². The lowest BCUT2D eigenvalue weighted by Gasteiger charge is -2.30. The van der Waals surface area contributed by atoms with Gasteiger partial charge in [0.05, 0.1) is 19.1 Å². The lowest BCUT2D eigenvalue weighted by Crippen LogP contribution is -2.37. The van der Waals surface area contributed by atoms with E-state index in [0.29, 0.717) is 37.8 Å². The average Bonchev–Trinajstić information content (AvgIpc) is 2.38. The van der Waals surface area contributed by atoms with E-state index in [-0.39, 0.29) is 12.2 Å². The van der Waals surface area contributed by atoms with Crippen LogP contribution in [-0.4, -0.2) is 53.8 Å². The topological polar surface area (TPSA) is 79.2 Å². The number of aliphatic carboxylic acids is 1. The minimum Gasteiger partial charge on any atom is -0.481 e. The van der Waals surface area contributed by atoms with E-state index in [1.165, 1.54) is 6.08 Å². The van der Waals surface area contributed by atoms with Crippen LogP contribution in [0.25, 0.3) is 0 Å². The summed E-state index contributed by atoms with van der Waals surface area (Å²) < 4.78 is 5.23. The van der Waals surface area contributed by atoms with Crippen molar-refractivity contribution in [1.29, 1.82) is 0 Å². The van der Waals surface area contributed by atoms with Crippen molar-refractivity contribution in [3.63, 3.8) is 0 Å². The molecule has 6 heteroatoms. The monoisotopic (exact) mass is 252 g/mol. The minimum absolute atomic E-state index is 0.0883. The molecular weight excluding hydrogens is 236 g/mol. The number of nitrogens with zero attached hydrogens (tertiary/aromatic N) is 2. The van der Waals surface area contributed by atoms with Gasteiger partial charge in [0.2, 0.25) is 0 Å². The molecule has 1 unspecified atom stereocenters. The summed E-state index contributed by atoms with van der Waals surface area (Å²) in [7, 11) is 0. The van der Waals surface area contributed by atoms with Gasteiger partial charge in [-0.05, 0) is 6.92 Å². The van der Waals surface area contributed by atoms with E-state index in [1.54, 1.807) is 6.92 Å². The summed E-state index contributed by atoms with van der Waals surface area (Å²) >= 11 is 0. The van der Waals surface area contributed by atoms with Gasteiger partial charge in [-0.2, -0.15) is 0 Å². The number of carbonyl (C=O) groups excluding carboxylic acids is 1. The van der Waals surface area contributed by atoms with E-state index < -0.39 is 11.9 Å². The van der Waals surface area contributed by atoms with Gasteiger partial charge in [-0.3, -0.25) is 9.59 Å². The van der Waals surface area contributed by atoms with Crippen LogP contribution in [0.4, 0.5) is 0 Å². The normalized spacial score (nSPS) is 22.3. The Kier molecular flexibility index (Phi) is 3.76. The van der Waals surface area contributed by atoms with Crippen molar-refractivity contribution in [2.24, 2.45) is 10.9 Å². The van der Waals surface area contributed by atoms with Crippen molar-refractivity contribution in [2.45, 2.75) is 13.3 Å². The van der Waals surface area contributed by atoms with Crippen molar-refractivity contribution in [3.8, 4) is 0 Å². The van der Waals surface area contributed by atoms with Gasteiger partial charge in [0.1, 0.15) is 5.82 Å². The van der Waals surface area contributed by atoms with Gasteiger partial charge in [-0.1, -0.05) is 0 Å². The van der Waals surface area contributed by atoms with Crippen molar-refractivity contribution in [3.05, 3.63) is 11.9 Å². The zero-order valence-electron chi connectivity index (χ0n) is 10.3. The molecule has 2 heterocycles. The Morgan fingerprint density at radius 2 is 2.17 bits per heavy atom. The van der Waals surface area contributed by atoms with Gasteiger partial charge in [0.15, 0.2) is 5.78 Å². The summed E-state index contributed by atoms with van der Waals surface area (Å²) in [4.78, 5) is 28.9. The molecule has 1 atom stereocenters. The van der Waals surface area contributed by atoms with Crippen molar-refractivity contribution in [1.82, 2.24) is 4.90 Å². The fourth-order valence-electron chi connectivity index (χ4n) is 1.94. The summed E-state index contributed by atoms with van der Waals surface area (Å²) in [5.74, 6) is -1.20. The lowest BCUT2D eigenvalue weighted by atomic mass is 9.99. The van der Waals surface area contributed by atoms with Crippen LogP contribution in [-0.2, 0) is 14.3 Å². The average molecular weight is 252 g/mol. The van der Waals surface area contributed by atoms with E-state index in [9.17, 15) is 9.59 Å². The van der Waals surface area contributed by atoms with E-state index in [4.69, 9.17) is 9.84 Å². The van der Waals surface area contributed by atoms with Gasteiger partial charge < -0.3 is 14.7 Å². The summed E-state index contributed by atoms with van der Waals surface area (Å²) in [6, 6.07) is 0. The van der Waals surface area contributed by atoms with Crippen LogP contribution in [0.2, 0.25) is 0 Å². The maximum Gasteiger partial charge on any atom is 0.311 e. The number of morpholine rings is 1. The molecule has 6 nitrogen and oxygen atoms in total. The maximum atomic E-state index is 11.6. The van der Waals surface area contributed by atoms with Crippen LogP contribution in [0, 0.1) is 5.92 Å². The Morgan fingerprint density at radius 3 is 2.78 bits per heavy atom. The summed E-state index contributed by atoms with van der Waals surface area (Å²) in [5.41, 5.74) is 0.427. The number of aliphatic imine (C=N–C) groups is 1. The molecular formula is C12H16N2O4. The van der Waals surface area contributed by atoms with Crippen LogP contribution < -0.4 is 0 Å². The second-order valence-corrected chi connectivity index (χ2v) is 4.41. The number of carboxylic acids is 1. The van der Waals surface area contributed by atoms with Gasteiger partial charge >= 0.3 is 5.97 Å². The molecule has 98 valence electrons. The molecule has 2 rings (SSSR count). The summed E-state index contributed by atoms with van der Waals surface area (Å²) in [6.45, 7) is 4.11. The third-order valence-corrected chi connectivity index (χ3v) is 3.11. The largest absolute Gasteiger partial charge is 0.481 e. The standard InChI is InChI=1S/C12H16N2O4/c1-8(12(16)17)10-6-9(15)7-11(13-10)14-2-4-18-5-3-14/h7-8H,2-6H2,1H3,(H,16,17). The van der Waals surface area contributed by atoms with Gasteiger partial charge in [-0.15, -0.1) is 0 Å². The first-order valence-corrected chi connectivity index (χ1v) is 5.95. The van der Waals surface area contributed by atoms with Gasteiger partial charge in [-0.25, -0.2) is 4.99 Å². The van der Waals surface area contributed by atoms with E-state index >= 15 is 0 Å². The summed E-state index contributed by atoms with van der Waals surface area (Å²) in [5, 5.41) is 8.97. The second kappa shape index (κ2) is 5.30. The zero-order valence-corrected chi connectivity index (χ0v) is 10.3. The molecule has 0 aliphatic carbocycles. The molecule has 0 bridgehead atoms. The molecule has 0 amide bonds. The predicted octanol–water partition coefficient (Wildman–Crippen LogP) is 0.294. The highest BCUT2D eigenvalue weighted by Crippen LogP contribution is 2.18. The minimum atomic E-state index is -0.954. The molecule has 2 aliphatic rings. The lowest BCUT2D eigenvalue weighted by molar-refractivity contribution is -0.138. The molecule has 1 N–H and O–H groups in total. The Labute approximate surface area is 105 Å². The summed E-state index contributed by atoms with van der Waals surface area (Å²) in [6.07, 6.45) is 1.59. The molecule has 0 radical (unpaired) electrons. The first kappa shape index (κ1) is 12.8. The van der Waals surface area contributed by atoms with E-state index in [2.05, 4.69) is 4.99 Å². The van der Waals surface area contributed by atoms with Crippen molar-refractivity contribution >= 4 is 17.5 Å². The van der Waals surface area contributed by atoms with Crippen LogP contribution in [0.15, 0.2) is 16.9 Å². The number of carbonyl (C=O) groups is 2. The zero-order chi connectivity index (χ0) is 13.1. The molecule has 0 spiro atoms. The van der Waals surface area contributed by atoms with Crippen LogP contribution in [0.5, 0.6) is 0 Å². The van der Waals surface area contributed by atoms with Gasteiger partial charge in [0, 0.05) is 31.3 Å². The molecule has 2 aliphatic heterocycles. The fraction of sp³-hybridized carbons (Fsp3) is 0.583. The third kappa shape index (κ3) is 2.76. The number of hydrogen-bond acceptors (Lipinski definition) is 5. The van der Waals surface area contributed by atoms with Gasteiger partial charge in [0.25, 0.3) is 0 Å². The SMILES string of the molecule is CC(C(=O)O)C1=NC(N2CCOCC2)=CC(=O)C1. The number of ether oxygens (including phenoxy) is 1. The predicted molar refractivity (Wildman–Crippen MR) is 64.3 cm³/mol. The Bertz CT molecular complexity index is 422. The van der Waals surface area contributed by atoms with Crippen LogP contribution in [0.3, 0.4) is 0 Å². The van der Waals surface area contributed by atoms with E-state index in [1.807, 2.05) is 4.90 Å². The Morgan fingerprint density at radius 1 is 1.50 bits per heavy atom. The smallest absolute Gasteiger partial charge is 0.311 e. The quantitative estimate of drug-likeness (QED) is 0.781. The number of rotatable bonds is 3. The molecule has 0 aromatic carbocycles. The first-order chi connectivity index (χ1) is 8.58. The van der Waals surface area contributed by atoms with E-state index in [0.717, 1.165) is 0 Å². The highest BCUT2D eigenvalue weighted by atomic mass is 16.5. The Balaban J connectivity index is 2.18. The first-order valence-electron chi connectivity index (χ1n) is 5.95. The number of ketones is 1. The molecule has 0 aromatic heterocycles. The second-order valence-electron chi connectivity index (χ2n) is 4.41. The van der Waals surface area contributed by atoms with Crippen molar-refractivity contribution in [2.75, 3.05) is 26.3 Å². The number of carboxylic acid groups (broad SMARTS) is 1. The fourth-order valence-corrected chi connectivity index (χ4v) is 1.94. The van der Waals surface area contributed by atoms with Crippen LogP contribution >= 0.6 is 0 Å². The molecule has 0 aromatic rings. The Hall–Kier alpha value is -1.69. The maximum absolute atomic E-state index is 11.6. The third-order valence-electron chi connectivity index (χ3n) is 3.11.